The molecule has 90 valence electrons. The Balaban J connectivity index is 1.57. The van der Waals surface area contributed by atoms with E-state index in [1.54, 1.807) is 0 Å². The molecule has 0 radical (unpaired) electrons. The Hall–Kier alpha value is -0.220. The van der Waals surface area contributed by atoms with Crippen molar-refractivity contribution in [3.63, 3.8) is 0 Å². The van der Waals surface area contributed by atoms with Crippen LogP contribution in [0.2, 0.25) is 0 Å². The van der Waals surface area contributed by atoms with Crippen LogP contribution in [0.4, 0.5) is 0 Å². The van der Waals surface area contributed by atoms with Crippen molar-refractivity contribution in [2.45, 2.75) is 50.2 Å². The molecule has 4 heteroatoms. The highest BCUT2D eigenvalue weighted by Crippen LogP contribution is 2.27. The molecule has 2 saturated heterocycles. The zero-order chi connectivity index (χ0) is 11.0. The van der Waals surface area contributed by atoms with E-state index in [9.17, 15) is 4.79 Å². The molecule has 0 aromatic rings. The van der Waals surface area contributed by atoms with Crippen molar-refractivity contribution in [3.05, 3.63) is 0 Å². The lowest BCUT2D eigenvalue weighted by Crippen LogP contribution is -2.44. The van der Waals surface area contributed by atoms with Gasteiger partial charge >= 0.3 is 0 Å². The largest absolute Gasteiger partial charge is 0.338 e. The van der Waals surface area contributed by atoms with Gasteiger partial charge in [-0.3, -0.25) is 4.79 Å². The highest BCUT2D eigenvalue weighted by Gasteiger charge is 2.38. The summed E-state index contributed by atoms with van der Waals surface area (Å²) < 4.78 is 0. The van der Waals surface area contributed by atoms with E-state index in [1.165, 1.54) is 37.2 Å². The molecule has 1 saturated carbocycles. The lowest BCUT2D eigenvalue weighted by molar-refractivity contribution is -0.131. The Kier molecular flexibility index (Phi) is 3.11. The number of nitrogens with one attached hydrogen (secondary N) is 1. The molecule has 0 aromatic heterocycles. The van der Waals surface area contributed by atoms with Gasteiger partial charge in [0.2, 0.25) is 5.91 Å². The van der Waals surface area contributed by atoms with E-state index in [1.807, 2.05) is 11.8 Å². The van der Waals surface area contributed by atoms with Gasteiger partial charge in [-0.25, -0.2) is 0 Å². The van der Waals surface area contributed by atoms with Crippen LogP contribution in [0.3, 0.4) is 0 Å². The number of amides is 1. The van der Waals surface area contributed by atoms with Crippen LogP contribution < -0.4 is 5.32 Å². The number of carbonyl (C=O) groups is 1. The molecular formula is C12H20N2OS. The molecule has 1 N–H and O–H groups in total. The van der Waals surface area contributed by atoms with Crippen LogP contribution in [0.5, 0.6) is 0 Å². The fraction of sp³-hybridized carbons (Fsp3) is 0.917. The third-order valence-corrected chi connectivity index (χ3v) is 4.93. The molecule has 0 bridgehead atoms. The fourth-order valence-corrected chi connectivity index (χ4v) is 3.83. The van der Waals surface area contributed by atoms with Gasteiger partial charge in [0, 0.05) is 18.6 Å². The van der Waals surface area contributed by atoms with Crippen molar-refractivity contribution in [2.24, 2.45) is 0 Å². The first-order chi connectivity index (χ1) is 7.84. The summed E-state index contributed by atoms with van der Waals surface area (Å²) in [5, 5.41) is 3.48. The number of rotatable bonds is 3. The molecule has 0 spiro atoms. The lowest BCUT2D eigenvalue weighted by Gasteiger charge is -2.31. The first kappa shape index (κ1) is 10.9. The molecule has 3 rings (SSSR count). The molecule has 1 aliphatic carbocycles. The smallest absolute Gasteiger partial charge is 0.240 e. The Labute approximate surface area is 101 Å². The van der Waals surface area contributed by atoms with Gasteiger partial charge in [0.15, 0.2) is 0 Å². The number of hydrogen-bond donors (Lipinski definition) is 1. The number of hydrogen-bond acceptors (Lipinski definition) is 3. The van der Waals surface area contributed by atoms with E-state index in [0.29, 0.717) is 18.0 Å². The first-order valence-corrected chi connectivity index (χ1v) is 7.64. The van der Waals surface area contributed by atoms with Gasteiger partial charge in [0.05, 0.1) is 6.04 Å². The van der Waals surface area contributed by atoms with Crippen molar-refractivity contribution in [2.75, 3.05) is 18.1 Å². The molecule has 1 unspecified atom stereocenters. The third kappa shape index (κ3) is 2.23. The van der Waals surface area contributed by atoms with E-state index in [-0.39, 0.29) is 6.04 Å². The summed E-state index contributed by atoms with van der Waals surface area (Å²) in [6, 6.07) is 1.33. The second-order valence-corrected chi connectivity index (χ2v) is 6.38. The van der Waals surface area contributed by atoms with Gasteiger partial charge in [0.25, 0.3) is 0 Å². The van der Waals surface area contributed by atoms with Gasteiger partial charge in [-0.2, -0.15) is 11.8 Å². The molecular weight excluding hydrogens is 220 g/mol. The maximum Gasteiger partial charge on any atom is 0.240 e. The Bertz CT molecular complexity index is 274. The quantitative estimate of drug-likeness (QED) is 0.805. The number of carbonyl (C=O) groups excluding carboxylic acids is 1. The zero-order valence-corrected chi connectivity index (χ0v) is 10.5. The molecule has 0 aromatic carbocycles. The summed E-state index contributed by atoms with van der Waals surface area (Å²) in [5.74, 6) is 2.84. The fourth-order valence-electron chi connectivity index (χ4n) is 2.75. The second-order valence-electron chi connectivity index (χ2n) is 5.16. The molecule has 1 atom stereocenters. The SMILES string of the molecule is O=C1C(NC2CC2)CCN1C1CCSCC1. The van der Waals surface area contributed by atoms with Crippen LogP contribution in [-0.4, -0.2) is 47.0 Å². The molecule has 3 aliphatic rings. The van der Waals surface area contributed by atoms with Crippen LogP contribution >= 0.6 is 11.8 Å². The average molecular weight is 240 g/mol. The van der Waals surface area contributed by atoms with Crippen LogP contribution in [0.1, 0.15) is 32.1 Å². The summed E-state index contributed by atoms with van der Waals surface area (Å²) in [6.07, 6.45) is 5.96. The lowest BCUT2D eigenvalue weighted by atomic mass is 10.1. The van der Waals surface area contributed by atoms with Crippen molar-refractivity contribution in [3.8, 4) is 0 Å². The van der Waals surface area contributed by atoms with Gasteiger partial charge < -0.3 is 10.2 Å². The summed E-state index contributed by atoms with van der Waals surface area (Å²) in [7, 11) is 0. The predicted molar refractivity (Wildman–Crippen MR) is 66.6 cm³/mol. The molecule has 3 fully saturated rings. The topological polar surface area (TPSA) is 32.3 Å². The van der Waals surface area contributed by atoms with Crippen molar-refractivity contribution in [1.82, 2.24) is 10.2 Å². The average Bonchev–Trinajstić information content (AvgIpc) is 3.06. The van der Waals surface area contributed by atoms with Crippen LogP contribution in [0.15, 0.2) is 0 Å². The maximum atomic E-state index is 12.2. The van der Waals surface area contributed by atoms with Crippen molar-refractivity contribution < 1.29 is 4.79 Å². The minimum absolute atomic E-state index is 0.141. The number of thioether (sulfide) groups is 1. The van der Waals surface area contributed by atoms with Crippen LogP contribution in [0, 0.1) is 0 Å². The zero-order valence-electron chi connectivity index (χ0n) is 9.65. The van der Waals surface area contributed by atoms with Crippen molar-refractivity contribution in [1.29, 1.82) is 0 Å². The summed E-state index contributed by atoms with van der Waals surface area (Å²) in [5.41, 5.74) is 0. The Morgan fingerprint density at radius 2 is 1.88 bits per heavy atom. The normalized spacial score (nSPS) is 32.4. The van der Waals surface area contributed by atoms with Gasteiger partial charge in [0.1, 0.15) is 0 Å². The van der Waals surface area contributed by atoms with Crippen LogP contribution in [0.25, 0.3) is 0 Å². The Morgan fingerprint density at radius 3 is 2.56 bits per heavy atom. The predicted octanol–water partition coefficient (Wildman–Crippen LogP) is 1.23. The standard InChI is InChI=1S/C12H20N2OS/c15-12-11(13-9-1-2-9)3-6-14(12)10-4-7-16-8-5-10/h9-11,13H,1-8H2. The number of likely N-dealkylation sites (tertiary alicyclic amines) is 1. The highest BCUT2D eigenvalue weighted by atomic mass is 32.2. The van der Waals surface area contributed by atoms with E-state index < -0.39 is 0 Å². The minimum Gasteiger partial charge on any atom is -0.338 e. The molecule has 1 amide bonds. The monoisotopic (exact) mass is 240 g/mol. The van der Waals surface area contributed by atoms with E-state index in [2.05, 4.69) is 10.2 Å². The maximum absolute atomic E-state index is 12.2. The third-order valence-electron chi connectivity index (χ3n) is 3.89. The van der Waals surface area contributed by atoms with Gasteiger partial charge in [-0.1, -0.05) is 0 Å². The summed E-state index contributed by atoms with van der Waals surface area (Å²) in [6.45, 7) is 0.985. The second kappa shape index (κ2) is 4.57. The molecule has 2 aliphatic heterocycles. The van der Waals surface area contributed by atoms with Gasteiger partial charge in [-0.05, 0) is 43.6 Å². The van der Waals surface area contributed by atoms with Crippen molar-refractivity contribution >= 4 is 17.7 Å². The van der Waals surface area contributed by atoms with Crippen LogP contribution in [-0.2, 0) is 4.79 Å². The first-order valence-electron chi connectivity index (χ1n) is 6.49. The van der Waals surface area contributed by atoms with E-state index in [4.69, 9.17) is 0 Å². The number of nitrogens with zero attached hydrogens (tertiary/aromatic N) is 1. The summed E-state index contributed by atoms with van der Waals surface area (Å²) >= 11 is 2.03. The molecule has 2 heterocycles. The van der Waals surface area contributed by atoms with E-state index in [0.717, 1.165) is 13.0 Å². The Morgan fingerprint density at radius 1 is 1.12 bits per heavy atom. The molecule has 3 nitrogen and oxygen atoms in total. The molecule has 16 heavy (non-hydrogen) atoms. The van der Waals surface area contributed by atoms with E-state index >= 15 is 0 Å². The highest BCUT2D eigenvalue weighted by molar-refractivity contribution is 7.99. The summed E-state index contributed by atoms with van der Waals surface area (Å²) in [4.78, 5) is 14.4. The van der Waals surface area contributed by atoms with Gasteiger partial charge in [-0.15, -0.1) is 0 Å². The minimum atomic E-state index is 0.141.